The predicted octanol–water partition coefficient (Wildman–Crippen LogP) is 4.03. The second kappa shape index (κ2) is 2.96. The van der Waals surface area contributed by atoms with Crippen LogP contribution in [0, 0.1) is 6.42 Å². The number of benzene rings is 2. The molecule has 0 amide bonds. The van der Waals surface area contributed by atoms with E-state index in [1.54, 1.807) is 0 Å². The smallest absolute Gasteiger partial charge is 0.0223 e. The average Bonchev–Trinajstić information content (AvgIpc) is 2.59. The lowest BCUT2D eigenvalue weighted by atomic mass is 10.1. The first kappa shape index (κ1) is 8.25. The van der Waals surface area contributed by atoms with Gasteiger partial charge < -0.3 is 0 Å². The summed E-state index contributed by atoms with van der Waals surface area (Å²) in [4.78, 5) is 0. The highest BCUT2D eigenvalue weighted by Crippen LogP contribution is 2.40. The zero-order chi connectivity index (χ0) is 9.54. The molecule has 0 fully saturated rings. The van der Waals surface area contributed by atoms with Gasteiger partial charge in [0, 0.05) is 10.9 Å². The molecule has 0 aromatic heterocycles. The highest BCUT2D eigenvalue weighted by atomic mass is 79.9. The minimum Gasteiger partial charge on any atom is -0.0619 e. The van der Waals surface area contributed by atoms with Crippen molar-refractivity contribution in [3.8, 4) is 11.1 Å². The van der Waals surface area contributed by atoms with Gasteiger partial charge in [0.1, 0.15) is 0 Å². The molecule has 0 aliphatic heterocycles. The molecule has 1 aliphatic rings. The van der Waals surface area contributed by atoms with Gasteiger partial charge in [0.05, 0.1) is 0 Å². The van der Waals surface area contributed by atoms with Crippen molar-refractivity contribution < 1.29 is 0 Å². The zero-order valence-corrected chi connectivity index (χ0v) is 9.08. The van der Waals surface area contributed by atoms with Gasteiger partial charge in [0.2, 0.25) is 0 Å². The summed E-state index contributed by atoms with van der Waals surface area (Å²) in [5.74, 6) is 0. The van der Waals surface area contributed by atoms with Crippen LogP contribution in [0.2, 0.25) is 0 Å². The minimum atomic E-state index is 1.17. The van der Waals surface area contributed by atoms with Crippen LogP contribution in [-0.2, 0) is 0 Å². The minimum absolute atomic E-state index is 1.17. The van der Waals surface area contributed by atoms with E-state index in [4.69, 9.17) is 0 Å². The average molecular weight is 244 g/mol. The van der Waals surface area contributed by atoms with Gasteiger partial charge in [-0.3, -0.25) is 0 Å². The zero-order valence-electron chi connectivity index (χ0n) is 7.50. The molecule has 2 aromatic carbocycles. The molecule has 0 nitrogen and oxygen atoms in total. The van der Waals surface area contributed by atoms with Gasteiger partial charge in [0.25, 0.3) is 0 Å². The quantitative estimate of drug-likeness (QED) is 0.560. The van der Waals surface area contributed by atoms with Crippen LogP contribution < -0.4 is 0 Å². The molecule has 0 saturated heterocycles. The molecule has 3 rings (SSSR count). The van der Waals surface area contributed by atoms with Crippen LogP contribution in [-0.4, -0.2) is 0 Å². The first-order chi connectivity index (χ1) is 6.86. The second-order valence-corrected chi connectivity index (χ2v) is 4.29. The molecule has 1 aliphatic carbocycles. The number of hydrogen-bond donors (Lipinski definition) is 0. The summed E-state index contributed by atoms with van der Waals surface area (Å²) in [5, 5.41) is 0. The lowest BCUT2D eigenvalue weighted by Gasteiger charge is -2.00. The van der Waals surface area contributed by atoms with E-state index in [0.717, 1.165) is 0 Å². The molecule has 0 spiro atoms. The number of halogens is 1. The lowest BCUT2D eigenvalue weighted by Crippen LogP contribution is -1.78. The Hall–Kier alpha value is -1.08. The Labute approximate surface area is 91.7 Å². The maximum absolute atomic E-state index is 3.57. The van der Waals surface area contributed by atoms with Crippen molar-refractivity contribution in [2.24, 2.45) is 0 Å². The van der Waals surface area contributed by atoms with Gasteiger partial charge >= 0.3 is 0 Å². The fraction of sp³-hybridized carbons (Fsp3) is 0. The molecule has 1 radical (unpaired) electrons. The molecule has 2 aromatic rings. The Morgan fingerprint density at radius 1 is 0.786 bits per heavy atom. The molecule has 1 heteroatoms. The largest absolute Gasteiger partial charge is 0.0619 e. The molecule has 0 saturated carbocycles. The van der Waals surface area contributed by atoms with Crippen molar-refractivity contribution in [2.45, 2.75) is 0 Å². The van der Waals surface area contributed by atoms with Gasteiger partial charge in [-0.25, -0.2) is 0 Å². The molecule has 0 bridgehead atoms. The van der Waals surface area contributed by atoms with Crippen molar-refractivity contribution in [1.82, 2.24) is 0 Å². The standard InChI is InChI=1S/C13H8Br/c14-13-7-3-6-11-10-5-2-1-4-9(10)8-12(11)13/h1-8H. The molecule has 67 valence electrons. The Balaban J connectivity index is 2.33. The summed E-state index contributed by atoms with van der Waals surface area (Å²) in [6, 6.07) is 14.8. The van der Waals surface area contributed by atoms with Crippen LogP contribution in [0.4, 0.5) is 0 Å². The third kappa shape index (κ3) is 1.05. The first-order valence-electron chi connectivity index (χ1n) is 4.59. The monoisotopic (exact) mass is 243 g/mol. The van der Waals surface area contributed by atoms with E-state index < -0.39 is 0 Å². The highest BCUT2D eigenvalue weighted by molar-refractivity contribution is 9.10. The van der Waals surface area contributed by atoms with Gasteiger partial charge in [0.15, 0.2) is 0 Å². The molecular formula is C13H8Br. The van der Waals surface area contributed by atoms with Crippen molar-refractivity contribution >= 4 is 15.9 Å². The van der Waals surface area contributed by atoms with Crippen LogP contribution in [0.5, 0.6) is 0 Å². The maximum atomic E-state index is 3.57. The number of hydrogen-bond acceptors (Lipinski definition) is 0. The van der Waals surface area contributed by atoms with Crippen molar-refractivity contribution in [1.29, 1.82) is 0 Å². The van der Waals surface area contributed by atoms with Gasteiger partial charge in [-0.2, -0.15) is 0 Å². The summed E-state index contributed by atoms with van der Waals surface area (Å²) < 4.78 is 1.17. The molecule has 0 unspecified atom stereocenters. The van der Waals surface area contributed by atoms with E-state index in [1.165, 1.54) is 26.7 Å². The molecule has 14 heavy (non-hydrogen) atoms. The Bertz CT molecular complexity index is 500. The lowest BCUT2D eigenvalue weighted by molar-refractivity contribution is 1.51. The summed E-state index contributed by atoms with van der Waals surface area (Å²) in [7, 11) is 0. The van der Waals surface area contributed by atoms with Gasteiger partial charge in [-0.15, -0.1) is 0 Å². The topological polar surface area (TPSA) is 0 Å². The van der Waals surface area contributed by atoms with Crippen LogP contribution in [0.25, 0.3) is 11.1 Å². The summed E-state index contributed by atoms with van der Waals surface area (Å²) in [6.07, 6.45) is 2.23. The first-order valence-corrected chi connectivity index (χ1v) is 5.38. The van der Waals surface area contributed by atoms with Crippen LogP contribution in [0.1, 0.15) is 11.1 Å². The summed E-state index contributed by atoms with van der Waals surface area (Å²) in [6.45, 7) is 0. The number of rotatable bonds is 0. The summed E-state index contributed by atoms with van der Waals surface area (Å²) in [5.41, 5.74) is 5.28. The van der Waals surface area contributed by atoms with Crippen molar-refractivity contribution in [3.05, 3.63) is 64.5 Å². The summed E-state index contributed by atoms with van der Waals surface area (Å²) >= 11 is 3.57. The Morgan fingerprint density at radius 2 is 1.57 bits per heavy atom. The van der Waals surface area contributed by atoms with Crippen molar-refractivity contribution in [2.75, 3.05) is 0 Å². The Kier molecular flexibility index (Phi) is 1.74. The fourth-order valence-corrected chi connectivity index (χ4v) is 2.42. The number of fused-ring (bicyclic) bond motifs is 3. The van der Waals surface area contributed by atoms with Crippen molar-refractivity contribution in [3.63, 3.8) is 0 Å². The highest BCUT2D eigenvalue weighted by Gasteiger charge is 2.19. The molecule has 0 atom stereocenters. The fourth-order valence-electron chi connectivity index (χ4n) is 1.94. The maximum Gasteiger partial charge on any atom is 0.0223 e. The molecular weight excluding hydrogens is 236 g/mol. The van der Waals surface area contributed by atoms with E-state index in [1.807, 2.05) is 0 Å². The normalized spacial score (nSPS) is 12.4. The van der Waals surface area contributed by atoms with Gasteiger partial charge in [-0.1, -0.05) is 52.3 Å². The molecule has 0 heterocycles. The van der Waals surface area contributed by atoms with E-state index in [9.17, 15) is 0 Å². The SMILES string of the molecule is Brc1cccc2c1[CH]c1ccccc1-2. The van der Waals surface area contributed by atoms with E-state index in [-0.39, 0.29) is 0 Å². The second-order valence-electron chi connectivity index (χ2n) is 3.43. The molecule has 0 N–H and O–H groups in total. The third-order valence-electron chi connectivity index (χ3n) is 2.60. The van der Waals surface area contributed by atoms with Crippen LogP contribution in [0.3, 0.4) is 0 Å². The van der Waals surface area contributed by atoms with Gasteiger partial charge in [-0.05, 0) is 28.3 Å². The van der Waals surface area contributed by atoms with E-state index >= 15 is 0 Å². The van der Waals surface area contributed by atoms with Crippen LogP contribution >= 0.6 is 15.9 Å². The predicted molar refractivity (Wildman–Crippen MR) is 62.1 cm³/mol. The third-order valence-corrected chi connectivity index (χ3v) is 3.30. The van der Waals surface area contributed by atoms with E-state index in [0.29, 0.717) is 0 Å². The van der Waals surface area contributed by atoms with E-state index in [2.05, 4.69) is 64.8 Å². The Morgan fingerprint density at radius 3 is 2.50 bits per heavy atom. The van der Waals surface area contributed by atoms with Crippen LogP contribution in [0.15, 0.2) is 46.9 Å².